The summed E-state index contributed by atoms with van der Waals surface area (Å²) >= 11 is 0. The molecule has 3 nitrogen and oxygen atoms in total. The molecule has 0 spiro atoms. The van der Waals surface area contributed by atoms with Gasteiger partial charge < -0.3 is 9.64 Å². The van der Waals surface area contributed by atoms with E-state index in [9.17, 15) is 0 Å². The molecular formula is C28H38N2O. The first-order valence-corrected chi connectivity index (χ1v) is 12.4. The monoisotopic (exact) mass is 418 g/mol. The number of hydrogen-bond acceptors (Lipinski definition) is 3. The van der Waals surface area contributed by atoms with Crippen LogP contribution in [0.3, 0.4) is 0 Å². The van der Waals surface area contributed by atoms with Crippen LogP contribution >= 0.6 is 0 Å². The van der Waals surface area contributed by atoms with E-state index in [1.807, 2.05) is 0 Å². The highest BCUT2D eigenvalue weighted by atomic mass is 16.5. The van der Waals surface area contributed by atoms with Gasteiger partial charge in [0.2, 0.25) is 0 Å². The third-order valence-electron chi connectivity index (χ3n) is 8.08. The van der Waals surface area contributed by atoms with E-state index in [2.05, 4.69) is 66.2 Å². The van der Waals surface area contributed by atoms with E-state index in [4.69, 9.17) is 4.74 Å². The summed E-state index contributed by atoms with van der Waals surface area (Å²) < 4.78 is 6.63. The molecule has 1 saturated heterocycles. The Morgan fingerprint density at radius 1 is 1.03 bits per heavy atom. The summed E-state index contributed by atoms with van der Waals surface area (Å²) in [5.41, 5.74) is 5.88. The average Bonchev–Trinajstić information content (AvgIpc) is 3.17. The summed E-state index contributed by atoms with van der Waals surface area (Å²) in [7, 11) is 2.30. The van der Waals surface area contributed by atoms with E-state index in [1.54, 1.807) is 0 Å². The fourth-order valence-corrected chi connectivity index (χ4v) is 5.98. The molecule has 0 N–H and O–H groups in total. The molecule has 3 aliphatic rings. The number of ether oxygens (including phenoxy) is 1. The van der Waals surface area contributed by atoms with Crippen molar-refractivity contribution in [1.29, 1.82) is 0 Å². The Morgan fingerprint density at radius 2 is 1.90 bits per heavy atom. The van der Waals surface area contributed by atoms with Crippen LogP contribution in [0, 0.1) is 0 Å². The number of hydrogen-bond donors (Lipinski definition) is 0. The van der Waals surface area contributed by atoms with Gasteiger partial charge in [0.1, 0.15) is 11.4 Å². The SMILES string of the molecule is CCC1(CCC2CCCCN2C)Cc2cc(CN3CCc4ccccc4C3)ccc2O1. The first kappa shape index (κ1) is 21.0. The zero-order valence-corrected chi connectivity index (χ0v) is 19.4. The van der Waals surface area contributed by atoms with Crippen molar-refractivity contribution >= 4 is 0 Å². The van der Waals surface area contributed by atoms with Crippen molar-refractivity contribution in [2.75, 3.05) is 20.1 Å². The standard InChI is InChI=1S/C28H38N2O/c1-3-28(15-13-26-10-6-7-16-29(26)2)19-25-18-22(11-12-27(25)31-28)20-30-17-14-23-8-4-5-9-24(23)21-30/h4-5,8-9,11-12,18,26H,3,6-7,10,13-17,19-21H2,1-2H3. The number of likely N-dealkylation sites (tertiary alicyclic amines) is 1. The summed E-state index contributed by atoms with van der Waals surface area (Å²) in [6.45, 7) is 6.82. The zero-order valence-electron chi connectivity index (χ0n) is 19.4. The Morgan fingerprint density at radius 3 is 2.74 bits per heavy atom. The Bertz CT molecular complexity index is 910. The van der Waals surface area contributed by atoms with E-state index < -0.39 is 0 Å². The molecule has 0 bridgehead atoms. The van der Waals surface area contributed by atoms with Gasteiger partial charge in [-0.3, -0.25) is 4.90 Å². The summed E-state index contributed by atoms with van der Waals surface area (Å²) in [4.78, 5) is 5.16. The fraction of sp³-hybridized carbons (Fsp3) is 0.571. The van der Waals surface area contributed by atoms with Gasteiger partial charge in [0.25, 0.3) is 0 Å². The molecule has 0 saturated carbocycles. The molecule has 2 unspecified atom stereocenters. The normalized spacial score (nSPS) is 26.3. The van der Waals surface area contributed by atoms with Crippen molar-refractivity contribution in [3.8, 4) is 5.75 Å². The van der Waals surface area contributed by atoms with Gasteiger partial charge in [0.15, 0.2) is 0 Å². The van der Waals surface area contributed by atoms with Gasteiger partial charge in [-0.15, -0.1) is 0 Å². The van der Waals surface area contributed by atoms with E-state index in [-0.39, 0.29) is 5.60 Å². The van der Waals surface area contributed by atoms with Crippen LogP contribution in [0.5, 0.6) is 5.75 Å². The topological polar surface area (TPSA) is 15.7 Å². The summed E-state index contributed by atoms with van der Waals surface area (Å²) in [5.74, 6) is 1.13. The summed E-state index contributed by atoms with van der Waals surface area (Å²) in [5, 5.41) is 0. The molecule has 166 valence electrons. The van der Waals surface area contributed by atoms with Crippen LogP contribution in [0.15, 0.2) is 42.5 Å². The molecular weight excluding hydrogens is 380 g/mol. The van der Waals surface area contributed by atoms with E-state index >= 15 is 0 Å². The lowest BCUT2D eigenvalue weighted by molar-refractivity contribution is 0.0615. The second kappa shape index (κ2) is 8.96. The molecule has 1 fully saturated rings. The molecule has 3 heteroatoms. The lowest BCUT2D eigenvalue weighted by Gasteiger charge is -2.35. The van der Waals surface area contributed by atoms with Crippen LogP contribution in [0.1, 0.15) is 67.7 Å². The number of fused-ring (bicyclic) bond motifs is 2. The van der Waals surface area contributed by atoms with Crippen molar-refractivity contribution in [2.45, 2.75) is 83.0 Å². The van der Waals surface area contributed by atoms with Crippen LogP contribution in [-0.4, -0.2) is 41.6 Å². The van der Waals surface area contributed by atoms with Crippen LogP contribution in [0.4, 0.5) is 0 Å². The minimum atomic E-state index is 0.00328. The lowest BCUT2D eigenvalue weighted by atomic mass is 9.86. The molecule has 2 aromatic carbocycles. The van der Waals surface area contributed by atoms with Gasteiger partial charge in [0.05, 0.1) is 0 Å². The quantitative estimate of drug-likeness (QED) is 0.608. The van der Waals surface area contributed by atoms with E-state index in [1.165, 1.54) is 67.3 Å². The van der Waals surface area contributed by atoms with Crippen molar-refractivity contribution < 1.29 is 4.74 Å². The van der Waals surface area contributed by atoms with Gasteiger partial charge >= 0.3 is 0 Å². The highest BCUT2D eigenvalue weighted by Gasteiger charge is 2.38. The molecule has 5 rings (SSSR count). The third-order valence-corrected chi connectivity index (χ3v) is 8.08. The molecule has 3 heterocycles. The van der Waals surface area contributed by atoms with Crippen LogP contribution in [0.2, 0.25) is 0 Å². The Balaban J connectivity index is 1.23. The average molecular weight is 419 g/mol. The molecule has 2 aromatic rings. The highest BCUT2D eigenvalue weighted by molar-refractivity contribution is 5.42. The third kappa shape index (κ3) is 4.54. The van der Waals surface area contributed by atoms with Gasteiger partial charge in [-0.05, 0) is 80.4 Å². The Labute approximate surface area is 188 Å². The first-order valence-electron chi connectivity index (χ1n) is 12.4. The summed E-state index contributed by atoms with van der Waals surface area (Å²) in [6.07, 6.45) is 9.87. The van der Waals surface area contributed by atoms with Crippen LogP contribution in [-0.2, 0) is 25.9 Å². The van der Waals surface area contributed by atoms with E-state index in [0.717, 1.165) is 44.3 Å². The van der Waals surface area contributed by atoms with E-state index in [0.29, 0.717) is 0 Å². The maximum atomic E-state index is 6.63. The van der Waals surface area contributed by atoms with Gasteiger partial charge in [-0.1, -0.05) is 49.7 Å². The Hall–Kier alpha value is -1.84. The molecule has 0 aromatic heterocycles. The Kier molecular flexibility index (Phi) is 6.08. The molecule has 3 aliphatic heterocycles. The predicted octanol–water partition coefficient (Wildman–Crippen LogP) is 5.59. The van der Waals surface area contributed by atoms with Gasteiger partial charge in [-0.2, -0.15) is 0 Å². The zero-order chi connectivity index (χ0) is 21.3. The van der Waals surface area contributed by atoms with Crippen molar-refractivity contribution in [3.63, 3.8) is 0 Å². The molecule has 31 heavy (non-hydrogen) atoms. The first-order chi connectivity index (χ1) is 15.1. The second-order valence-corrected chi connectivity index (χ2v) is 10.2. The minimum Gasteiger partial charge on any atom is -0.487 e. The van der Waals surface area contributed by atoms with Crippen LogP contribution < -0.4 is 4.74 Å². The molecule has 0 amide bonds. The van der Waals surface area contributed by atoms with Gasteiger partial charge in [0, 0.05) is 32.1 Å². The smallest absolute Gasteiger partial charge is 0.123 e. The fourth-order valence-electron chi connectivity index (χ4n) is 5.98. The maximum Gasteiger partial charge on any atom is 0.123 e. The largest absolute Gasteiger partial charge is 0.487 e. The minimum absolute atomic E-state index is 0.00328. The highest BCUT2D eigenvalue weighted by Crippen LogP contribution is 2.41. The van der Waals surface area contributed by atoms with Gasteiger partial charge in [-0.25, -0.2) is 0 Å². The van der Waals surface area contributed by atoms with Crippen molar-refractivity contribution in [3.05, 3.63) is 64.7 Å². The van der Waals surface area contributed by atoms with Crippen molar-refractivity contribution in [2.24, 2.45) is 0 Å². The predicted molar refractivity (Wildman–Crippen MR) is 128 cm³/mol. The molecule has 0 radical (unpaired) electrons. The lowest BCUT2D eigenvalue weighted by Crippen LogP contribution is -2.40. The van der Waals surface area contributed by atoms with Crippen LogP contribution in [0.25, 0.3) is 0 Å². The molecule has 0 aliphatic carbocycles. The second-order valence-electron chi connectivity index (χ2n) is 10.2. The number of benzene rings is 2. The van der Waals surface area contributed by atoms with Crippen molar-refractivity contribution in [1.82, 2.24) is 9.80 Å². The number of nitrogens with zero attached hydrogens (tertiary/aromatic N) is 2. The number of rotatable bonds is 6. The maximum absolute atomic E-state index is 6.63. The summed E-state index contributed by atoms with van der Waals surface area (Å²) in [6, 6.07) is 16.6. The molecule has 2 atom stereocenters. The number of piperidine rings is 1.